The van der Waals surface area contributed by atoms with Gasteiger partial charge in [-0.05, 0) is 32.1 Å². The summed E-state index contributed by atoms with van der Waals surface area (Å²) >= 11 is 5.90. The number of hydrogen-bond donors (Lipinski definition) is 1. The van der Waals surface area contributed by atoms with E-state index in [0.29, 0.717) is 18.4 Å². The molecule has 1 saturated carbocycles. The molecular weight excluding hydrogens is 226 g/mol. The molecule has 16 heavy (non-hydrogen) atoms. The highest BCUT2D eigenvalue weighted by Gasteiger charge is 2.34. The summed E-state index contributed by atoms with van der Waals surface area (Å²) in [5.41, 5.74) is 0. The van der Waals surface area contributed by atoms with Crippen molar-refractivity contribution in [1.29, 1.82) is 0 Å². The molecule has 1 amide bonds. The molecule has 1 N–H and O–H groups in total. The van der Waals surface area contributed by atoms with Crippen molar-refractivity contribution in [3.63, 3.8) is 0 Å². The molecule has 0 aromatic rings. The maximum atomic E-state index is 12.0. The van der Waals surface area contributed by atoms with E-state index in [4.69, 9.17) is 16.3 Å². The van der Waals surface area contributed by atoms with Crippen molar-refractivity contribution in [3.05, 3.63) is 0 Å². The molecule has 0 aromatic carbocycles. The lowest BCUT2D eigenvalue weighted by molar-refractivity contribution is -0.127. The van der Waals surface area contributed by atoms with Gasteiger partial charge < -0.3 is 10.1 Å². The molecular formula is C12H20ClNO2. The predicted molar refractivity (Wildman–Crippen MR) is 63.5 cm³/mol. The third kappa shape index (κ3) is 2.51. The lowest BCUT2D eigenvalue weighted by Crippen LogP contribution is -2.42. The molecule has 0 bridgehead atoms. The molecule has 4 heteroatoms. The van der Waals surface area contributed by atoms with Crippen LogP contribution in [0.2, 0.25) is 0 Å². The van der Waals surface area contributed by atoms with Crippen LogP contribution in [-0.4, -0.2) is 30.5 Å². The Morgan fingerprint density at radius 2 is 2.25 bits per heavy atom. The maximum absolute atomic E-state index is 12.0. The van der Waals surface area contributed by atoms with Gasteiger partial charge in [-0.25, -0.2) is 0 Å². The van der Waals surface area contributed by atoms with Gasteiger partial charge in [0.25, 0.3) is 0 Å². The first-order chi connectivity index (χ1) is 7.72. The number of alkyl halides is 1. The summed E-state index contributed by atoms with van der Waals surface area (Å²) in [7, 11) is 0. The Balaban J connectivity index is 1.86. The summed E-state index contributed by atoms with van der Waals surface area (Å²) in [6, 6.07) is 0.290. The highest BCUT2D eigenvalue weighted by atomic mass is 35.5. The predicted octanol–water partition coefficient (Wildman–Crippen LogP) is 1.94. The Labute approximate surface area is 102 Å². The number of ether oxygens (including phenoxy) is 1. The molecule has 4 unspecified atom stereocenters. The van der Waals surface area contributed by atoms with Gasteiger partial charge in [-0.1, -0.05) is 6.42 Å². The third-order valence-electron chi connectivity index (χ3n) is 3.90. The van der Waals surface area contributed by atoms with E-state index in [2.05, 4.69) is 5.32 Å². The zero-order valence-electron chi connectivity index (χ0n) is 9.75. The smallest absolute Gasteiger partial charge is 0.226 e. The van der Waals surface area contributed by atoms with Gasteiger partial charge in [0.05, 0.1) is 12.0 Å². The first-order valence-electron chi connectivity index (χ1n) is 6.20. The van der Waals surface area contributed by atoms with Gasteiger partial charge in [0.1, 0.15) is 0 Å². The topological polar surface area (TPSA) is 38.3 Å². The van der Waals surface area contributed by atoms with E-state index < -0.39 is 0 Å². The van der Waals surface area contributed by atoms with Crippen LogP contribution >= 0.6 is 11.6 Å². The number of amides is 1. The molecule has 3 nitrogen and oxygen atoms in total. The van der Waals surface area contributed by atoms with E-state index in [9.17, 15) is 4.79 Å². The second-order valence-corrected chi connectivity index (χ2v) is 5.24. The summed E-state index contributed by atoms with van der Waals surface area (Å²) in [6.07, 6.45) is 4.32. The van der Waals surface area contributed by atoms with E-state index in [1.165, 1.54) is 6.42 Å². The van der Waals surface area contributed by atoms with Crippen LogP contribution in [0, 0.1) is 11.8 Å². The summed E-state index contributed by atoms with van der Waals surface area (Å²) in [4.78, 5) is 12.0. The highest BCUT2D eigenvalue weighted by Crippen LogP contribution is 2.28. The quantitative estimate of drug-likeness (QED) is 0.772. The van der Waals surface area contributed by atoms with Gasteiger partial charge in [0.2, 0.25) is 5.91 Å². The first-order valence-corrected chi connectivity index (χ1v) is 6.73. The average molecular weight is 246 g/mol. The Morgan fingerprint density at radius 1 is 1.44 bits per heavy atom. The van der Waals surface area contributed by atoms with Crippen molar-refractivity contribution in [2.24, 2.45) is 11.8 Å². The molecule has 1 heterocycles. The zero-order chi connectivity index (χ0) is 11.5. The molecule has 4 atom stereocenters. The fourth-order valence-electron chi connectivity index (χ4n) is 2.78. The number of nitrogens with one attached hydrogen (secondary N) is 1. The molecule has 1 aliphatic heterocycles. The van der Waals surface area contributed by atoms with E-state index in [1.807, 2.05) is 6.92 Å². The summed E-state index contributed by atoms with van der Waals surface area (Å²) in [6.45, 7) is 2.69. The number of carbonyl (C=O) groups is 1. The van der Waals surface area contributed by atoms with Crippen molar-refractivity contribution in [2.75, 3.05) is 12.5 Å². The average Bonchev–Trinajstić information content (AvgIpc) is 2.86. The Kier molecular flexibility index (Phi) is 4.09. The Morgan fingerprint density at radius 3 is 2.88 bits per heavy atom. The molecule has 1 saturated heterocycles. The van der Waals surface area contributed by atoms with Crippen molar-refractivity contribution in [3.8, 4) is 0 Å². The molecule has 0 radical (unpaired) electrons. The second kappa shape index (κ2) is 5.37. The minimum atomic E-state index is 0.0385. The highest BCUT2D eigenvalue weighted by molar-refractivity contribution is 6.18. The van der Waals surface area contributed by atoms with Crippen LogP contribution in [0.1, 0.15) is 32.6 Å². The van der Waals surface area contributed by atoms with Crippen LogP contribution in [0.5, 0.6) is 0 Å². The summed E-state index contributed by atoms with van der Waals surface area (Å²) in [5.74, 6) is 1.31. The van der Waals surface area contributed by atoms with Crippen molar-refractivity contribution >= 4 is 17.5 Å². The van der Waals surface area contributed by atoms with E-state index >= 15 is 0 Å². The monoisotopic (exact) mass is 245 g/mol. The van der Waals surface area contributed by atoms with Crippen molar-refractivity contribution < 1.29 is 9.53 Å². The standard InChI is InChI=1S/C12H20ClNO2/c1-8-10(5-6-16-8)12(15)14-11-4-2-3-9(11)7-13/h8-11H,2-7H2,1H3,(H,14,15). The van der Waals surface area contributed by atoms with Crippen molar-refractivity contribution in [1.82, 2.24) is 5.32 Å². The lowest BCUT2D eigenvalue weighted by atomic mass is 9.99. The second-order valence-electron chi connectivity index (χ2n) is 4.93. The van der Waals surface area contributed by atoms with Gasteiger partial charge >= 0.3 is 0 Å². The number of halogens is 1. The SMILES string of the molecule is CC1OCCC1C(=O)NC1CCCC1CCl. The Hall–Kier alpha value is -0.280. The van der Waals surface area contributed by atoms with Gasteiger partial charge in [0.15, 0.2) is 0 Å². The van der Waals surface area contributed by atoms with Crippen molar-refractivity contribution in [2.45, 2.75) is 44.8 Å². The summed E-state index contributed by atoms with van der Waals surface area (Å²) in [5, 5.41) is 3.15. The lowest BCUT2D eigenvalue weighted by Gasteiger charge is -2.22. The van der Waals surface area contributed by atoms with Crippen LogP contribution in [0.3, 0.4) is 0 Å². The first kappa shape index (κ1) is 12.2. The molecule has 2 fully saturated rings. The van der Waals surface area contributed by atoms with Gasteiger partial charge in [-0.2, -0.15) is 0 Å². The molecule has 1 aliphatic carbocycles. The molecule has 0 spiro atoms. The number of carbonyl (C=O) groups excluding carboxylic acids is 1. The molecule has 0 aromatic heterocycles. The molecule has 92 valence electrons. The maximum Gasteiger partial charge on any atom is 0.226 e. The minimum Gasteiger partial charge on any atom is -0.378 e. The third-order valence-corrected chi connectivity index (χ3v) is 4.29. The Bertz CT molecular complexity index is 259. The van der Waals surface area contributed by atoms with Gasteiger partial charge in [-0.3, -0.25) is 4.79 Å². The summed E-state index contributed by atoms with van der Waals surface area (Å²) < 4.78 is 5.42. The van der Waals surface area contributed by atoms with Crippen LogP contribution in [0.15, 0.2) is 0 Å². The fraction of sp³-hybridized carbons (Fsp3) is 0.917. The molecule has 2 rings (SSSR count). The normalized spacial score (nSPS) is 38.9. The number of rotatable bonds is 3. The van der Waals surface area contributed by atoms with Gasteiger partial charge in [-0.15, -0.1) is 11.6 Å². The number of hydrogen-bond acceptors (Lipinski definition) is 2. The fourth-order valence-corrected chi connectivity index (χ4v) is 3.15. The van der Waals surface area contributed by atoms with Crippen LogP contribution in [0.4, 0.5) is 0 Å². The zero-order valence-corrected chi connectivity index (χ0v) is 10.5. The van der Waals surface area contributed by atoms with E-state index in [1.54, 1.807) is 0 Å². The van der Waals surface area contributed by atoms with Crippen LogP contribution in [0.25, 0.3) is 0 Å². The van der Waals surface area contributed by atoms with Crippen LogP contribution in [-0.2, 0) is 9.53 Å². The van der Waals surface area contributed by atoms with E-state index in [0.717, 1.165) is 19.3 Å². The molecule has 2 aliphatic rings. The minimum absolute atomic E-state index is 0.0385. The van der Waals surface area contributed by atoms with Crippen LogP contribution < -0.4 is 5.32 Å². The largest absolute Gasteiger partial charge is 0.378 e. The van der Waals surface area contributed by atoms with E-state index in [-0.39, 0.29) is 24.0 Å². The van der Waals surface area contributed by atoms with Gasteiger partial charge in [0, 0.05) is 18.5 Å².